The van der Waals surface area contributed by atoms with Gasteiger partial charge in [-0.05, 0) is 34.7 Å². The van der Waals surface area contributed by atoms with Crippen molar-refractivity contribution in [3.05, 3.63) is 45.8 Å². The van der Waals surface area contributed by atoms with E-state index in [1.807, 2.05) is 24.3 Å². The Balaban J connectivity index is 2.17. The number of anilines is 1. The van der Waals surface area contributed by atoms with Crippen LogP contribution >= 0.6 is 22.6 Å². The molecule has 0 aliphatic heterocycles. The Bertz CT molecular complexity index is 467. The number of benzene rings is 1. The molecule has 0 atom stereocenters. The molecule has 0 aliphatic rings. The monoisotopic (exact) mass is 313 g/mol. The normalized spacial score (nSPS) is 9.93. The van der Waals surface area contributed by atoms with Crippen molar-refractivity contribution in [2.24, 2.45) is 0 Å². The van der Waals surface area contributed by atoms with Gasteiger partial charge in [0.15, 0.2) is 0 Å². The average Bonchev–Trinajstić information content (AvgIpc) is 2.74. The summed E-state index contributed by atoms with van der Waals surface area (Å²) in [7, 11) is 0. The number of hydrogen-bond acceptors (Lipinski definition) is 2. The molecule has 1 heterocycles. The highest BCUT2D eigenvalue weighted by Crippen LogP contribution is 2.17. The number of nitrogens with one attached hydrogen (secondary N) is 2. The minimum Gasteiger partial charge on any atom is -0.321 e. The maximum absolute atomic E-state index is 11.7. The van der Waals surface area contributed by atoms with Crippen molar-refractivity contribution >= 4 is 34.2 Å². The molecule has 0 saturated carbocycles. The zero-order valence-corrected chi connectivity index (χ0v) is 9.86. The van der Waals surface area contributed by atoms with E-state index in [0.717, 1.165) is 9.26 Å². The second kappa shape index (κ2) is 4.43. The summed E-state index contributed by atoms with van der Waals surface area (Å²) in [5, 5.41) is 9.12. The van der Waals surface area contributed by atoms with Crippen LogP contribution in [-0.2, 0) is 0 Å². The van der Waals surface area contributed by atoms with E-state index in [9.17, 15) is 4.79 Å². The number of amides is 1. The summed E-state index contributed by atoms with van der Waals surface area (Å²) in [6.45, 7) is 0. The van der Waals surface area contributed by atoms with E-state index in [1.165, 1.54) is 6.20 Å². The summed E-state index contributed by atoms with van der Waals surface area (Å²) < 4.78 is 1.01. The molecule has 1 aromatic carbocycles. The molecule has 0 radical (unpaired) electrons. The number of hydrogen-bond donors (Lipinski definition) is 2. The molecule has 1 amide bonds. The first-order valence-electron chi connectivity index (χ1n) is 4.32. The summed E-state index contributed by atoms with van der Waals surface area (Å²) in [6.07, 6.45) is 3.05. The third-order valence-corrected chi connectivity index (χ3v) is 2.82. The summed E-state index contributed by atoms with van der Waals surface area (Å²) in [6, 6.07) is 7.60. The van der Waals surface area contributed by atoms with Gasteiger partial charge in [-0.15, -0.1) is 0 Å². The maximum atomic E-state index is 11.7. The van der Waals surface area contributed by atoms with Crippen molar-refractivity contribution < 1.29 is 4.79 Å². The van der Waals surface area contributed by atoms with Crippen molar-refractivity contribution in [1.29, 1.82) is 0 Å². The fourth-order valence-corrected chi connectivity index (χ4v) is 1.65. The first-order valence-corrected chi connectivity index (χ1v) is 5.40. The van der Waals surface area contributed by atoms with Gasteiger partial charge in [0.2, 0.25) is 0 Å². The highest BCUT2D eigenvalue weighted by atomic mass is 127. The highest BCUT2D eigenvalue weighted by Gasteiger charge is 2.07. The first-order chi connectivity index (χ1) is 7.27. The van der Waals surface area contributed by atoms with Crippen LogP contribution in [0.2, 0.25) is 0 Å². The van der Waals surface area contributed by atoms with Crippen molar-refractivity contribution in [2.75, 3.05) is 5.32 Å². The Morgan fingerprint density at radius 1 is 1.40 bits per heavy atom. The number of nitrogens with zero attached hydrogens (tertiary/aromatic N) is 1. The number of aromatic amines is 1. The van der Waals surface area contributed by atoms with Crippen LogP contribution in [-0.4, -0.2) is 16.1 Å². The first kappa shape index (κ1) is 10.2. The number of carbonyl (C=O) groups excluding carboxylic acids is 1. The number of H-pyrrole nitrogens is 1. The van der Waals surface area contributed by atoms with E-state index in [0.29, 0.717) is 5.56 Å². The SMILES string of the molecule is O=C(Nc1ccccc1I)c1cn[nH]c1. The molecule has 2 rings (SSSR count). The number of aromatic nitrogens is 2. The molecule has 0 bridgehead atoms. The van der Waals surface area contributed by atoms with Crippen molar-refractivity contribution in [3.8, 4) is 0 Å². The van der Waals surface area contributed by atoms with Crippen molar-refractivity contribution in [3.63, 3.8) is 0 Å². The van der Waals surface area contributed by atoms with Crippen LogP contribution < -0.4 is 5.32 Å². The summed E-state index contributed by atoms with van der Waals surface area (Å²) in [5.74, 6) is -0.159. The van der Waals surface area contributed by atoms with Crippen LogP contribution in [0.5, 0.6) is 0 Å². The maximum Gasteiger partial charge on any atom is 0.258 e. The summed E-state index contributed by atoms with van der Waals surface area (Å²) >= 11 is 2.17. The van der Waals surface area contributed by atoms with Crippen LogP contribution in [0.25, 0.3) is 0 Å². The van der Waals surface area contributed by atoms with Gasteiger partial charge in [0, 0.05) is 9.77 Å². The van der Waals surface area contributed by atoms with Gasteiger partial charge in [0.1, 0.15) is 0 Å². The molecule has 0 saturated heterocycles. The number of rotatable bonds is 2. The van der Waals surface area contributed by atoms with Gasteiger partial charge >= 0.3 is 0 Å². The van der Waals surface area contributed by atoms with E-state index in [2.05, 4.69) is 38.1 Å². The van der Waals surface area contributed by atoms with E-state index in [1.54, 1.807) is 6.20 Å². The molecular weight excluding hydrogens is 305 g/mol. The van der Waals surface area contributed by atoms with E-state index >= 15 is 0 Å². The number of para-hydroxylation sites is 1. The van der Waals surface area contributed by atoms with Gasteiger partial charge in [-0.1, -0.05) is 12.1 Å². The fraction of sp³-hybridized carbons (Fsp3) is 0. The second-order valence-electron chi connectivity index (χ2n) is 2.92. The summed E-state index contributed by atoms with van der Waals surface area (Å²) in [4.78, 5) is 11.7. The lowest BCUT2D eigenvalue weighted by molar-refractivity contribution is 0.102. The van der Waals surface area contributed by atoms with Gasteiger partial charge in [-0.25, -0.2) is 0 Å². The third-order valence-electron chi connectivity index (χ3n) is 1.88. The lowest BCUT2D eigenvalue weighted by atomic mass is 10.3. The molecule has 15 heavy (non-hydrogen) atoms. The highest BCUT2D eigenvalue weighted by molar-refractivity contribution is 14.1. The van der Waals surface area contributed by atoms with Gasteiger partial charge in [-0.3, -0.25) is 9.89 Å². The van der Waals surface area contributed by atoms with Crippen LogP contribution in [0.1, 0.15) is 10.4 Å². The van der Waals surface area contributed by atoms with Gasteiger partial charge < -0.3 is 5.32 Å². The molecule has 1 aromatic heterocycles. The molecule has 5 heteroatoms. The predicted octanol–water partition coefficient (Wildman–Crippen LogP) is 2.27. The lowest BCUT2D eigenvalue weighted by Crippen LogP contribution is -2.11. The zero-order valence-electron chi connectivity index (χ0n) is 7.70. The fourth-order valence-electron chi connectivity index (χ4n) is 1.13. The largest absolute Gasteiger partial charge is 0.321 e. The van der Waals surface area contributed by atoms with Crippen LogP contribution in [0.4, 0.5) is 5.69 Å². The molecule has 0 fully saturated rings. The molecule has 0 unspecified atom stereocenters. The topological polar surface area (TPSA) is 57.8 Å². The van der Waals surface area contributed by atoms with E-state index in [4.69, 9.17) is 0 Å². The second-order valence-corrected chi connectivity index (χ2v) is 4.08. The smallest absolute Gasteiger partial charge is 0.258 e. The quantitative estimate of drug-likeness (QED) is 0.836. The van der Waals surface area contributed by atoms with Crippen molar-refractivity contribution in [2.45, 2.75) is 0 Å². The molecule has 2 N–H and O–H groups in total. The molecule has 0 spiro atoms. The minimum atomic E-state index is -0.159. The number of halogens is 1. The third kappa shape index (κ3) is 2.35. The van der Waals surface area contributed by atoms with Gasteiger partial charge in [0.05, 0.1) is 17.4 Å². The molecular formula is C10H8IN3O. The predicted molar refractivity (Wildman–Crippen MR) is 65.7 cm³/mol. The van der Waals surface area contributed by atoms with Crippen LogP contribution in [0.3, 0.4) is 0 Å². The summed E-state index contributed by atoms with van der Waals surface area (Å²) in [5.41, 5.74) is 1.33. The molecule has 76 valence electrons. The van der Waals surface area contributed by atoms with Gasteiger partial charge in [-0.2, -0.15) is 5.10 Å². The molecule has 4 nitrogen and oxygen atoms in total. The Kier molecular flexibility index (Phi) is 3.00. The van der Waals surface area contributed by atoms with Crippen LogP contribution in [0.15, 0.2) is 36.7 Å². The Labute approximate surface area is 100 Å². The standard InChI is InChI=1S/C10H8IN3O/c11-8-3-1-2-4-9(8)14-10(15)7-5-12-13-6-7/h1-6H,(H,12,13)(H,14,15). The lowest BCUT2D eigenvalue weighted by Gasteiger charge is -2.04. The Hall–Kier alpha value is -1.37. The van der Waals surface area contributed by atoms with Gasteiger partial charge in [0.25, 0.3) is 5.91 Å². The Morgan fingerprint density at radius 3 is 2.87 bits per heavy atom. The van der Waals surface area contributed by atoms with Crippen molar-refractivity contribution in [1.82, 2.24) is 10.2 Å². The number of carbonyl (C=O) groups is 1. The van der Waals surface area contributed by atoms with Crippen LogP contribution in [0, 0.1) is 3.57 Å². The van der Waals surface area contributed by atoms with E-state index < -0.39 is 0 Å². The minimum absolute atomic E-state index is 0.159. The Morgan fingerprint density at radius 2 is 2.20 bits per heavy atom. The average molecular weight is 313 g/mol. The molecule has 2 aromatic rings. The molecule has 0 aliphatic carbocycles. The van der Waals surface area contributed by atoms with E-state index in [-0.39, 0.29) is 5.91 Å². The zero-order chi connectivity index (χ0) is 10.7.